The van der Waals surface area contributed by atoms with Crippen LogP contribution >= 0.6 is 11.8 Å². The van der Waals surface area contributed by atoms with Crippen molar-refractivity contribution in [1.82, 2.24) is 14.9 Å². The number of halogens is 1. The number of aryl methyl sites for hydroxylation is 1. The van der Waals surface area contributed by atoms with Crippen molar-refractivity contribution in [2.75, 3.05) is 5.75 Å². The molecule has 0 saturated carbocycles. The minimum absolute atomic E-state index is 0.0667. The number of nitrogens with one attached hydrogen (secondary N) is 1. The van der Waals surface area contributed by atoms with Crippen LogP contribution in [0.5, 0.6) is 0 Å². The van der Waals surface area contributed by atoms with Gasteiger partial charge in [0.1, 0.15) is 11.6 Å². The molecule has 0 aliphatic rings. The van der Waals surface area contributed by atoms with E-state index in [4.69, 9.17) is 4.42 Å². The second kappa shape index (κ2) is 9.18. The van der Waals surface area contributed by atoms with Crippen LogP contribution in [0.1, 0.15) is 16.9 Å². The summed E-state index contributed by atoms with van der Waals surface area (Å²) < 4.78 is 20.6. The second-order valence-corrected chi connectivity index (χ2v) is 7.97. The second-order valence-electron chi connectivity index (χ2n) is 7.03. The quantitative estimate of drug-likeness (QED) is 0.351. The molecule has 0 spiro atoms. The number of carbonyl (C=O) groups excluding carboxylic acids is 1. The van der Waals surface area contributed by atoms with E-state index in [0.29, 0.717) is 32.9 Å². The largest absolute Gasteiger partial charge is 0.467 e. The molecule has 31 heavy (non-hydrogen) atoms. The summed E-state index contributed by atoms with van der Waals surface area (Å²) in [5.41, 5.74) is 1.61. The summed E-state index contributed by atoms with van der Waals surface area (Å²) in [6.07, 6.45) is 1.54. The molecule has 0 saturated heterocycles. The smallest absolute Gasteiger partial charge is 0.262 e. The molecule has 0 aliphatic heterocycles. The highest BCUT2D eigenvalue weighted by atomic mass is 32.2. The number of thioether (sulfide) groups is 1. The van der Waals surface area contributed by atoms with Crippen molar-refractivity contribution in [3.05, 3.63) is 93.9 Å². The molecule has 0 aliphatic carbocycles. The van der Waals surface area contributed by atoms with Gasteiger partial charge in [0, 0.05) is 6.54 Å². The molecule has 2 heterocycles. The molecule has 2 aromatic heterocycles. The number of aromatic nitrogens is 2. The van der Waals surface area contributed by atoms with E-state index in [1.54, 1.807) is 55.7 Å². The lowest BCUT2D eigenvalue weighted by molar-refractivity contribution is -0.118. The number of carbonyl (C=O) groups is 1. The Labute approximate surface area is 182 Å². The van der Waals surface area contributed by atoms with Crippen LogP contribution in [0.2, 0.25) is 0 Å². The first-order valence-corrected chi connectivity index (χ1v) is 10.7. The van der Waals surface area contributed by atoms with Gasteiger partial charge in [-0.25, -0.2) is 9.37 Å². The van der Waals surface area contributed by atoms with E-state index < -0.39 is 0 Å². The lowest BCUT2D eigenvalue weighted by atomic mass is 10.1. The Balaban J connectivity index is 1.50. The third-order valence-electron chi connectivity index (χ3n) is 4.78. The van der Waals surface area contributed by atoms with E-state index in [2.05, 4.69) is 10.3 Å². The van der Waals surface area contributed by atoms with Gasteiger partial charge in [-0.15, -0.1) is 0 Å². The van der Waals surface area contributed by atoms with Gasteiger partial charge in [0.25, 0.3) is 5.56 Å². The predicted octanol–water partition coefficient (Wildman–Crippen LogP) is 3.89. The van der Waals surface area contributed by atoms with Crippen LogP contribution < -0.4 is 10.9 Å². The molecule has 6 nitrogen and oxygen atoms in total. The first kappa shape index (κ1) is 20.9. The van der Waals surface area contributed by atoms with Gasteiger partial charge in [0.05, 0.1) is 29.5 Å². The standard InChI is InChI=1S/C23H20FN3O3S/c1-15-8-9-16(11-19(15)24)12-25-21(28)14-31-23-26-20-7-3-2-6-18(20)22(29)27(23)13-17-5-4-10-30-17/h2-11H,12-14H2,1H3,(H,25,28). The summed E-state index contributed by atoms with van der Waals surface area (Å²) in [5.74, 6) is 0.144. The summed E-state index contributed by atoms with van der Waals surface area (Å²) in [6, 6.07) is 15.5. The third kappa shape index (κ3) is 4.86. The Hall–Kier alpha value is -3.39. The molecule has 4 aromatic rings. The van der Waals surface area contributed by atoms with Gasteiger partial charge in [-0.1, -0.05) is 36.0 Å². The maximum atomic E-state index is 13.7. The molecule has 1 amide bonds. The molecule has 158 valence electrons. The number of amides is 1. The predicted molar refractivity (Wildman–Crippen MR) is 118 cm³/mol. The van der Waals surface area contributed by atoms with Crippen LogP contribution in [0.4, 0.5) is 4.39 Å². The topological polar surface area (TPSA) is 77.1 Å². The summed E-state index contributed by atoms with van der Waals surface area (Å²) >= 11 is 1.17. The van der Waals surface area contributed by atoms with E-state index in [1.165, 1.54) is 22.4 Å². The minimum atomic E-state index is -0.302. The zero-order chi connectivity index (χ0) is 21.8. The van der Waals surface area contributed by atoms with E-state index in [0.717, 1.165) is 0 Å². The minimum Gasteiger partial charge on any atom is -0.467 e. The zero-order valence-electron chi connectivity index (χ0n) is 16.8. The Morgan fingerprint density at radius 1 is 1.19 bits per heavy atom. The first-order valence-electron chi connectivity index (χ1n) is 9.68. The highest BCUT2D eigenvalue weighted by Crippen LogP contribution is 2.19. The lowest BCUT2D eigenvalue weighted by Gasteiger charge is -2.12. The van der Waals surface area contributed by atoms with E-state index in [9.17, 15) is 14.0 Å². The van der Waals surface area contributed by atoms with Crippen LogP contribution in [-0.2, 0) is 17.9 Å². The van der Waals surface area contributed by atoms with Crippen molar-refractivity contribution >= 4 is 28.6 Å². The maximum absolute atomic E-state index is 13.7. The fraction of sp³-hybridized carbons (Fsp3) is 0.174. The maximum Gasteiger partial charge on any atom is 0.262 e. The number of furan rings is 1. The average molecular weight is 437 g/mol. The van der Waals surface area contributed by atoms with Crippen LogP contribution in [-0.4, -0.2) is 21.2 Å². The Morgan fingerprint density at radius 3 is 2.81 bits per heavy atom. The van der Waals surface area contributed by atoms with E-state index in [-0.39, 0.29) is 36.1 Å². The van der Waals surface area contributed by atoms with Crippen molar-refractivity contribution < 1.29 is 13.6 Å². The molecular formula is C23H20FN3O3S. The van der Waals surface area contributed by atoms with Gasteiger partial charge in [-0.3, -0.25) is 14.2 Å². The normalized spacial score (nSPS) is 11.0. The number of hydrogen-bond acceptors (Lipinski definition) is 5. The zero-order valence-corrected chi connectivity index (χ0v) is 17.6. The van der Waals surface area contributed by atoms with Crippen molar-refractivity contribution in [1.29, 1.82) is 0 Å². The molecule has 0 atom stereocenters. The number of benzene rings is 2. The Kier molecular flexibility index (Phi) is 6.18. The van der Waals surface area contributed by atoms with Gasteiger partial charge >= 0.3 is 0 Å². The Morgan fingerprint density at radius 2 is 2.03 bits per heavy atom. The lowest BCUT2D eigenvalue weighted by Crippen LogP contribution is -2.27. The molecule has 0 unspecified atom stereocenters. The number of nitrogens with zero attached hydrogens (tertiary/aromatic N) is 2. The van der Waals surface area contributed by atoms with E-state index >= 15 is 0 Å². The highest BCUT2D eigenvalue weighted by Gasteiger charge is 2.14. The molecular weight excluding hydrogens is 417 g/mol. The monoisotopic (exact) mass is 437 g/mol. The average Bonchev–Trinajstić information content (AvgIpc) is 3.28. The fourth-order valence-corrected chi connectivity index (χ4v) is 3.91. The van der Waals surface area contributed by atoms with Gasteiger partial charge in [0.15, 0.2) is 5.16 Å². The molecule has 0 fully saturated rings. The van der Waals surface area contributed by atoms with Crippen LogP contribution in [0.25, 0.3) is 10.9 Å². The van der Waals surface area contributed by atoms with Gasteiger partial charge < -0.3 is 9.73 Å². The van der Waals surface area contributed by atoms with Crippen molar-refractivity contribution in [3.8, 4) is 0 Å². The molecule has 2 aromatic carbocycles. The van der Waals surface area contributed by atoms with Crippen molar-refractivity contribution in [2.24, 2.45) is 0 Å². The molecule has 1 N–H and O–H groups in total. The molecule has 0 bridgehead atoms. The van der Waals surface area contributed by atoms with Crippen LogP contribution in [0.15, 0.2) is 75.2 Å². The summed E-state index contributed by atoms with van der Waals surface area (Å²) in [5, 5.41) is 3.70. The molecule has 8 heteroatoms. The van der Waals surface area contributed by atoms with Gasteiger partial charge in [0.2, 0.25) is 5.91 Å². The summed E-state index contributed by atoms with van der Waals surface area (Å²) in [7, 11) is 0. The fourth-order valence-electron chi connectivity index (χ4n) is 3.08. The van der Waals surface area contributed by atoms with Crippen LogP contribution in [0.3, 0.4) is 0 Å². The first-order chi connectivity index (χ1) is 15.0. The molecule has 4 rings (SSSR count). The van der Waals surface area contributed by atoms with Gasteiger partial charge in [-0.05, 0) is 48.4 Å². The van der Waals surface area contributed by atoms with Crippen molar-refractivity contribution in [3.63, 3.8) is 0 Å². The van der Waals surface area contributed by atoms with Crippen molar-refractivity contribution in [2.45, 2.75) is 25.2 Å². The van der Waals surface area contributed by atoms with Crippen LogP contribution in [0, 0.1) is 12.7 Å². The summed E-state index contributed by atoms with van der Waals surface area (Å²) in [4.78, 5) is 30.0. The molecule has 0 radical (unpaired) electrons. The number of hydrogen-bond donors (Lipinski definition) is 1. The van der Waals surface area contributed by atoms with E-state index in [1.807, 2.05) is 6.07 Å². The highest BCUT2D eigenvalue weighted by molar-refractivity contribution is 7.99. The number of fused-ring (bicyclic) bond motifs is 1. The number of para-hydroxylation sites is 1. The number of rotatable bonds is 7. The summed E-state index contributed by atoms with van der Waals surface area (Å²) in [6.45, 7) is 2.13. The Bertz CT molecular complexity index is 1290. The van der Waals surface area contributed by atoms with Gasteiger partial charge in [-0.2, -0.15) is 0 Å². The SMILES string of the molecule is Cc1ccc(CNC(=O)CSc2nc3ccccc3c(=O)n2Cc2ccco2)cc1F. The third-order valence-corrected chi connectivity index (χ3v) is 5.76.